The number of amides is 1. The van der Waals surface area contributed by atoms with Crippen molar-refractivity contribution in [3.8, 4) is 5.75 Å². The molecule has 1 amide bonds. The van der Waals surface area contributed by atoms with Gasteiger partial charge in [-0.05, 0) is 18.2 Å². The first-order valence-corrected chi connectivity index (χ1v) is 5.48. The van der Waals surface area contributed by atoms with Crippen LogP contribution in [-0.4, -0.2) is 17.2 Å². The van der Waals surface area contributed by atoms with Gasteiger partial charge in [0.2, 0.25) is 0 Å². The summed E-state index contributed by atoms with van der Waals surface area (Å²) in [4.78, 5) is 11.6. The van der Waals surface area contributed by atoms with Crippen molar-refractivity contribution in [1.82, 2.24) is 5.43 Å². The zero-order valence-electron chi connectivity index (χ0n) is 9.85. The number of hydrogen-bond donors (Lipinski definition) is 2. The predicted molar refractivity (Wildman–Crippen MR) is 68.6 cm³/mol. The number of nitrogens with one attached hydrogen (secondary N) is 1. The second kappa shape index (κ2) is 5.63. The molecule has 0 saturated heterocycles. The van der Waals surface area contributed by atoms with Gasteiger partial charge in [-0.25, -0.2) is 5.43 Å². The van der Waals surface area contributed by atoms with Crippen molar-refractivity contribution in [2.24, 2.45) is 5.10 Å². The highest BCUT2D eigenvalue weighted by molar-refractivity contribution is 5.92. The van der Waals surface area contributed by atoms with E-state index >= 15 is 0 Å². The van der Waals surface area contributed by atoms with E-state index in [-0.39, 0.29) is 11.4 Å². The summed E-state index contributed by atoms with van der Waals surface area (Å²) in [6.07, 6.45) is 2.52. The van der Waals surface area contributed by atoms with Crippen LogP contribution in [0.1, 0.15) is 16.1 Å². The number of para-hydroxylation sites is 1. The Kier molecular flexibility index (Phi) is 3.72. The van der Waals surface area contributed by atoms with Gasteiger partial charge in [0.25, 0.3) is 5.69 Å². The van der Waals surface area contributed by atoms with Crippen molar-refractivity contribution >= 4 is 12.1 Å². The van der Waals surface area contributed by atoms with Crippen LogP contribution in [0.5, 0.6) is 5.75 Å². The molecule has 2 rings (SSSR count). The van der Waals surface area contributed by atoms with Gasteiger partial charge >= 0.3 is 5.91 Å². The van der Waals surface area contributed by atoms with Crippen molar-refractivity contribution in [3.63, 3.8) is 0 Å². The standard InChI is InChI=1S/C13H11N3O3/c17-12-7-2-1-5-10(12)9-14-15-13(18)11-6-3-4-8-16(11)19/h1-9,17H,(H,15,18)/b14-9+. The zero-order valence-corrected chi connectivity index (χ0v) is 9.85. The van der Waals surface area contributed by atoms with Gasteiger partial charge in [-0.3, -0.25) is 4.79 Å². The van der Waals surface area contributed by atoms with E-state index in [1.54, 1.807) is 24.3 Å². The molecule has 0 fully saturated rings. The summed E-state index contributed by atoms with van der Waals surface area (Å²) in [5.41, 5.74) is 2.62. The maximum atomic E-state index is 11.6. The molecule has 2 aromatic rings. The molecule has 6 nitrogen and oxygen atoms in total. The molecule has 0 radical (unpaired) electrons. The van der Waals surface area contributed by atoms with Crippen molar-refractivity contribution < 1.29 is 14.6 Å². The van der Waals surface area contributed by atoms with Gasteiger partial charge < -0.3 is 10.3 Å². The van der Waals surface area contributed by atoms with E-state index in [9.17, 15) is 15.1 Å². The minimum Gasteiger partial charge on any atom is -0.618 e. The Labute approximate surface area is 109 Å². The number of aromatic nitrogens is 1. The van der Waals surface area contributed by atoms with Crippen molar-refractivity contribution in [3.05, 3.63) is 65.1 Å². The lowest BCUT2D eigenvalue weighted by molar-refractivity contribution is -0.607. The summed E-state index contributed by atoms with van der Waals surface area (Å²) in [7, 11) is 0. The Bertz CT molecular complexity index is 626. The molecule has 0 atom stereocenters. The van der Waals surface area contributed by atoms with Gasteiger partial charge in [0.1, 0.15) is 5.75 Å². The molecule has 0 spiro atoms. The number of hydrazone groups is 1. The van der Waals surface area contributed by atoms with Gasteiger partial charge in [0.15, 0.2) is 6.20 Å². The highest BCUT2D eigenvalue weighted by atomic mass is 16.5. The second-order valence-corrected chi connectivity index (χ2v) is 3.67. The minimum absolute atomic E-state index is 0.0547. The van der Waals surface area contributed by atoms with Crippen LogP contribution in [-0.2, 0) is 0 Å². The number of rotatable bonds is 3. The van der Waals surface area contributed by atoms with Crippen LogP contribution in [0.2, 0.25) is 0 Å². The maximum Gasteiger partial charge on any atom is 0.337 e. The molecular formula is C13H11N3O3. The number of aromatic hydroxyl groups is 1. The van der Waals surface area contributed by atoms with E-state index in [1.807, 2.05) is 0 Å². The lowest BCUT2D eigenvalue weighted by atomic mass is 10.2. The van der Waals surface area contributed by atoms with Crippen LogP contribution < -0.4 is 10.2 Å². The molecule has 19 heavy (non-hydrogen) atoms. The van der Waals surface area contributed by atoms with Crippen molar-refractivity contribution in [2.75, 3.05) is 0 Å². The molecule has 1 heterocycles. The predicted octanol–water partition coefficient (Wildman–Crippen LogP) is 0.790. The Hall–Kier alpha value is -2.89. The topological polar surface area (TPSA) is 88.6 Å². The molecule has 0 unspecified atom stereocenters. The highest BCUT2D eigenvalue weighted by Crippen LogP contribution is 2.12. The number of hydrogen-bond acceptors (Lipinski definition) is 4. The smallest absolute Gasteiger partial charge is 0.337 e. The number of phenols is 1. The Balaban J connectivity index is 2.06. The van der Waals surface area contributed by atoms with Crippen molar-refractivity contribution in [1.29, 1.82) is 0 Å². The van der Waals surface area contributed by atoms with Crippen LogP contribution in [0, 0.1) is 5.21 Å². The fourth-order valence-electron chi connectivity index (χ4n) is 1.42. The first-order chi connectivity index (χ1) is 9.18. The molecule has 0 aliphatic heterocycles. The summed E-state index contributed by atoms with van der Waals surface area (Å²) in [6.45, 7) is 0. The number of benzene rings is 1. The Morgan fingerprint density at radius 2 is 2.00 bits per heavy atom. The number of carbonyl (C=O) groups excluding carboxylic acids is 1. The third-order valence-corrected chi connectivity index (χ3v) is 2.36. The number of phenolic OH excluding ortho intramolecular Hbond substituents is 1. The number of pyridine rings is 1. The quantitative estimate of drug-likeness (QED) is 0.369. The van der Waals surface area contributed by atoms with Crippen LogP contribution in [0.4, 0.5) is 0 Å². The van der Waals surface area contributed by atoms with Gasteiger partial charge in [0.05, 0.1) is 6.21 Å². The number of carbonyl (C=O) groups is 1. The van der Waals surface area contributed by atoms with Crippen LogP contribution in [0.3, 0.4) is 0 Å². The fourth-order valence-corrected chi connectivity index (χ4v) is 1.42. The summed E-state index contributed by atoms with van der Waals surface area (Å²) in [5, 5.41) is 24.5. The molecule has 0 bridgehead atoms. The lowest BCUT2D eigenvalue weighted by Crippen LogP contribution is -2.37. The summed E-state index contributed by atoms with van der Waals surface area (Å²) in [5.74, 6) is -0.568. The highest BCUT2D eigenvalue weighted by Gasteiger charge is 2.13. The molecule has 2 N–H and O–H groups in total. The van der Waals surface area contributed by atoms with Gasteiger partial charge in [-0.15, -0.1) is 0 Å². The molecular weight excluding hydrogens is 246 g/mol. The van der Waals surface area contributed by atoms with E-state index in [0.717, 1.165) is 0 Å². The average molecular weight is 257 g/mol. The van der Waals surface area contributed by atoms with E-state index in [1.165, 1.54) is 30.6 Å². The van der Waals surface area contributed by atoms with Crippen LogP contribution in [0.25, 0.3) is 0 Å². The molecule has 96 valence electrons. The Morgan fingerprint density at radius 1 is 1.26 bits per heavy atom. The van der Waals surface area contributed by atoms with Gasteiger partial charge in [-0.2, -0.15) is 9.83 Å². The normalized spacial score (nSPS) is 10.5. The van der Waals surface area contributed by atoms with Crippen molar-refractivity contribution in [2.45, 2.75) is 0 Å². The largest absolute Gasteiger partial charge is 0.618 e. The first kappa shape index (κ1) is 12.6. The fraction of sp³-hybridized carbons (Fsp3) is 0. The molecule has 1 aromatic carbocycles. The lowest BCUT2D eigenvalue weighted by Gasteiger charge is -2.01. The molecule has 0 saturated carbocycles. The third kappa shape index (κ3) is 3.06. The van der Waals surface area contributed by atoms with E-state index in [4.69, 9.17) is 0 Å². The zero-order chi connectivity index (χ0) is 13.7. The molecule has 1 aromatic heterocycles. The maximum absolute atomic E-state index is 11.6. The summed E-state index contributed by atoms with van der Waals surface area (Å²) >= 11 is 0. The molecule has 0 aliphatic rings. The van der Waals surface area contributed by atoms with Gasteiger partial charge in [-0.1, -0.05) is 12.1 Å². The summed E-state index contributed by atoms with van der Waals surface area (Å²) in [6, 6.07) is 11.0. The first-order valence-electron chi connectivity index (χ1n) is 5.48. The van der Waals surface area contributed by atoms with Crippen LogP contribution in [0.15, 0.2) is 53.8 Å². The number of nitrogens with zero attached hydrogens (tertiary/aromatic N) is 2. The average Bonchev–Trinajstić information content (AvgIpc) is 2.41. The monoisotopic (exact) mass is 257 g/mol. The molecule has 0 aliphatic carbocycles. The third-order valence-electron chi connectivity index (χ3n) is 2.36. The second-order valence-electron chi connectivity index (χ2n) is 3.67. The minimum atomic E-state index is -0.623. The van der Waals surface area contributed by atoms with E-state index in [2.05, 4.69) is 10.5 Å². The molecule has 6 heteroatoms. The van der Waals surface area contributed by atoms with E-state index in [0.29, 0.717) is 10.3 Å². The Morgan fingerprint density at radius 3 is 2.74 bits per heavy atom. The van der Waals surface area contributed by atoms with Crippen LogP contribution >= 0.6 is 0 Å². The summed E-state index contributed by atoms with van der Waals surface area (Å²) < 4.78 is 0.449. The van der Waals surface area contributed by atoms with E-state index < -0.39 is 5.91 Å². The van der Waals surface area contributed by atoms with Gasteiger partial charge in [0, 0.05) is 17.7 Å². The SMILES string of the molecule is O=C(N/N=C/c1ccccc1O)c1cccc[n+]1[O-].